The summed E-state index contributed by atoms with van der Waals surface area (Å²) in [6, 6.07) is 9.42. The van der Waals surface area contributed by atoms with Gasteiger partial charge in [0.1, 0.15) is 0 Å². The van der Waals surface area contributed by atoms with Crippen LogP contribution in [-0.4, -0.2) is 11.8 Å². The molecule has 0 spiro atoms. The van der Waals surface area contributed by atoms with Gasteiger partial charge in [0.05, 0.1) is 0 Å². The Hall–Kier alpha value is -0.440. The summed E-state index contributed by atoms with van der Waals surface area (Å²) >= 11 is 7.45. The molecule has 0 aromatic heterocycles. The molecule has 1 fully saturated rings. The second kappa shape index (κ2) is 5.76. The molecule has 0 amide bonds. The highest BCUT2D eigenvalue weighted by Gasteiger charge is 2.19. The molecular formula is C13H16ClNS. The van der Waals surface area contributed by atoms with Gasteiger partial charge in [0, 0.05) is 28.3 Å². The molecule has 2 rings (SSSR count). The molecule has 1 aromatic carbocycles. The van der Waals surface area contributed by atoms with E-state index in [-0.39, 0.29) is 0 Å². The minimum atomic E-state index is 0.699. The van der Waals surface area contributed by atoms with Gasteiger partial charge < -0.3 is 5.32 Å². The van der Waals surface area contributed by atoms with E-state index < -0.39 is 0 Å². The smallest absolute Gasteiger partial charge is 0.0334 e. The van der Waals surface area contributed by atoms with E-state index >= 15 is 0 Å². The lowest BCUT2D eigenvalue weighted by atomic mass is 10.2. The maximum atomic E-state index is 5.73. The molecule has 1 saturated carbocycles. The number of nitrogens with one attached hydrogen (secondary N) is 1. The van der Waals surface area contributed by atoms with Crippen LogP contribution in [0.25, 0.3) is 0 Å². The number of hydrogen-bond acceptors (Lipinski definition) is 2. The van der Waals surface area contributed by atoms with E-state index in [1.165, 1.54) is 23.3 Å². The normalized spacial score (nSPS) is 15.1. The molecular weight excluding hydrogens is 238 g/mol. The van der Waals surface area contributed by atoms with Crippen LogP contribution in [0.5, 0.6) is 0 Å². The van der Waals surface area contributed by atoms with Crippen molar-refractivity contribution in [2.75, 3.05) is 5.75 Å². The van der Waals surface area contributed by atoms with Gasteiger partial charge >= 0.3 is 0 Å². The van der Waals surface area contributed by atoms with E-state index in [0.29, 0.717) is 5.03 Å². The Balaban J connectivity index is 1.80. The van der Waals surface area contributed by atoms with Gasteiger partial charge in [-0.05, 0) is 30.5 Å². The van der Waals surface area contributed by atoms with Crippen molar-refractivity contribution in [1.29, 1.82) is 0 Å². The van der Waals surface area contributed by atoms with Gasteiger partial charge in [-0.2, -0.15) is 0 Å². The van der Waals surface area contributed by atoms with Gasteiger partial charge in [0.2, 0.25) is 0 Å². The average molecular weight is 254 g/mol. The molecule has 0 atom stereocenters. The molecule has 1 nitrogen and oxygen atoms in total. The van der Waals surface area contributed by atoms with E-state index in [1.807, 2.05) is 0 Å². The Morgan fingerprint density at radius 3 is 2.62 bits per heavy atom. The highest BCUT2D eigenvalue weighted by atomic mass is 35.5. The summed E-state index contributed by atoms with van der Waals surface area (Å²) in [4.78, 5) is 1.25. The van der Waals surface area contributed by atoms with Gasteiger partial charge in [0.25, 0.3) is 0 Å². The van der Waals surface area contributed by atoms with Crippen LogP contribution in [0.3, 0.4) is 0 Å². The van der Waals surface area contributed by atoms with Crippen LogP contribution in [0.15, 0.2) is 40.8 Å². The summed E-state index contributed by atoms with van der Waals surface area (Å²) in [7, 11) is 0. The maximum absolute atomic E-state index is 5.73. The summed E-state index contributed by atoms with van der Waals surface area (Å²) in [6.07, 6.45) is 2.68. The van der Waals surface area contributed by atoms with Crippen molar-refractivity contribution in [2.24, 2.45) is 0 Å². The van der Waals surface area contributed by atoms with E-state index in [9.17, 15) is 0 Å². The average Bonchev–Trinajstić information content (AvgIpc) is 3.09. The van der Waals surface area contributed by atoms with Crippen molar-refractivity contribution in [3.8, 4) is 0 Å². The fraction of sp³-hybridized carbons (Fsp3) is 0.385. The lowest BCUT2D eigenvalue weighted by molar-refractivity contribution is 0.687. The molecule has 86 valence electrons. The Kier molecular flexibility index (Phi) is 4.33. The lowest BCUT2D eigenvalue weighted by Gasteiger charge is -2.04. The number of halogens is 1. The summed E-state index contributed by atoms with van der Waals surface area (Å²) < 4.78 is 0. The first-order chi connectivity index (χ1) is 7.74. The van der Waals surface area contributed by atoms with Crippen LogP contribution in [-0.2, 0) is 6.54 Å². The Morgan fingerprint density at radius 2 is 2.06 bits per heavy atom. The molecule has 1 aliphatic carbocycles. The van der Waals surface area contributed by atoms with Crippen LogP contribution in [0.1, 0.15) is 18.4 Å². The van der Waals surface area contributed by atoms with Crippen LogP contribution >= 0.6 is 23.4 Å². The van der Waals surface area contributed by atoms with Gasteiger partial charge in [-0.15, -0.1) is 11.8 Å². The van der Waals surface area contributed by atoms with E-state index in [4.69, 9.17) is 11.6 Å². The third-order valence-corrected chi connectivity index (χ3v) is 3.88. The lowest BCUT2D eigenvalue weighted by Crippen LogP contribution is -2.14. The molecule has 1 aliphatic rings. The zero-order chi connectivity index (χ0) is 11.4. The largest absolute Gasteiger partial charge is 0.310 e. The molecule has 1 N–H and O–H groups in total. The minimum Gasteiger partial charge on any atom is -0.310 e. The summed E-state index contributed by atoms with van der Waals surface area (Å²) in [5, 5.41) is 4.20. The molecule has 0 unspecified atom stereocenters. The van der Waals surface area contributed by atoms with E-state index in [0.717, 1.165) is 18.3 Å². The fourth-order valence-corrected chi connectivity index (χ4v) is 2.23. The summed E-state index contributed by atoms with van der Waals surface area (Å²) in [6.45, 7) is 4.66. The van der Waals surface area contributed by atoms with Crippen molar-refractivity contribution in [2.45, 2.75) is 30.3 Å². The second-order valence-corrected chi connectivity index (χ2v) is 5.69. The molecule has 0 saturated heterocycles. The molecule has 0 heterocycles. The van der Waals surface area contributed by atoms with Crippen molar-refractivity contribution in [3.05, 3.63) is 41.4 Å². The first kappa shape index (κ1) is 12.0. The fourth-order valence-electron chi connectivity index (χ4n) is 1.41. The van der Waals surface area contributed by atoms with Crippen LogP contribution in [0.2, 0.25) is 0 Å². The first-order valence-electron chi connectivity index (χ1n) is 5.52. The Labute approximate surface area is 106 Å². The van der Waals surface area contributed by atoms with Crippen molar-refractivity contribution in [3.63, 3.8) is 0 Å². The zero-order valence-corrected chi connectivity index (χ0v) is 10.8. The molecule has 0 aliphatic heterocycles. The predicted octanol–water partition coefficient (Wildman–Crippen LogP) is 3.78. The standard InChI is InChI=1S/C13H16ClNS/c1-10(14)9-16-13-6-2-11(3-7-13)8-15-12-4-5-12/h2-3,6-7,12,15H,1,4-5,8-9H2. The molecule has 0 bridgehead atoms. The predicted molar refractivity (Wildman–Crippen MR) is 72.0 cm³/mol. The van der Waals surface area contributed by atoms with Gasteiger partial charge in [0.15, 0.2) is 0 Å². The second-order valence-electron chi connectivity index (χ2n) is 4.11. The number of benzene rings is 1. The molecule has 3 heteroatoms. The molecule has 1 aromatic rings. The van der Waals surface area contributed by atoms with E-state index in [2.05, 4.69) is 36.2 Å². The van der Waals surface area contributed by atoms with Crippen molar-refractivity contribution in [1.82, 2.24) is 5.32 Å². The highest BCUT2D eigenvalue weighted by molar-refractivity contribution is 7.99. The summed E-state index contributed by atoms with van der Waals surface area (Å²) in [5.41, 5.74) is 1.35. The molecule has 0 radical (unpaired) electrons. The third kappa shape index (κ3) is 4.20. The Morgan fingerprint density at radius 1 is 1.38 bits per heavy atom. The van der Waals surface area contributed by atoms with Crippen molar-refractivity contribution >= 4 is 23.4 Å². The van der Waals surface area contributed by atoms with Crippen LogP contribution < -0.4 is 5.32 Å². The first-order valence-corrected chi connectivity index (χ1v) is 6.89. The SMILES string of the molecule is C=C(Cl)CSc1ccc(CNC2CC2)cc1. The number of rotatable bonds is 6. The number of hydrogen-bond donors (Lipinski definition) is 1. The minimum absolute atomic E-state index is 0.699. The Bertz CT molecular complexity index is 357. The maximum Gasteiger partial charge on any atom is 0.0334 e. The van der Waals surface area contributed by atoms with Crippen LogP contribution in [0, 0.1) is 0 Å². The number of thioether (sulfide) groups is 1. The van der Waals surface area contributed by atoms with Crippen molar-refractivity contribution < 1.29 is 0 Å². The summed E-state index contributed by atoms with van der Waals surface area (Å²) in [5.74, 6) is 0.779. The van der Waals surface area contributed by atoms with E-state index in [1.54, 1.807) is 11.8 Å². The topological polar surface area (TPSA) is 12.0 Å². The third-order valence-electron chi connectivity index (χ3n) is 2.49. The van der Waals surface area contributed by atoms with Gasteiger partial charge in [-0.25, -0.2) is 0 Å². The van der Waals surface area contributed by atoms with Crippen LogP contribution in [0.4, 0.5) is 0 Å². The van der Waals surface area contributed by atoms with Gasteiger partial charge in [-0.1, -0.05) is 30.3 Å². The quantitative estimate of drug-likeness (QED) is 0.775. The zero-order valence-electron chi connectivity index (χ0n) is 9.21. The van der Waals surface area contributed by atoms with Gasteiger partial charge in [-0.3, -0.25) is 0 Å². The molecule has 16 heavy (non-hydrogen) atoms. The highest BCUT2D eigenvalue weighted by Crippen LogP contribution is 2.22. The monoisotopic (exact) mass is 253 g/mol.